The van der Waals surface area contributed by atoms with Crippen molar-refractivity contribution < 1.29 is 8.83 Å². The van der Waals surface area contributed by atoms with Crippen LogP contribution >= 0.6 is 11.3 Å². The van der Waals surface area contributed by atoms with Crippen LogP contribution in [0.4, 0.5) is 17.1 Å². The van der Waals surface area contributed by atoms with Gasteiger partial charge in [0.25, 0.3) is 0 Å². The van der Waals surface area contributed by atoms with Gasteiger partial charge in [-0.1, -0.05) is 115 Å². The number of furan rings is 2. The van der Waals surface area contributed by atoms with E-state index in [1.807, 2.05) is 29.5 Å². The highest BCUT2D eigenvalue weighted by Gasteiger charge is 2.22. The first-order valence-corrected chi connectivity index (χ1v) is 18.3. The van der Waals surface area contributed by atoms with E-state index in [2.05, 4.69) is 163 Å². The number of rotatable bonds is 5. The summed E-state index contributed by atoms with van der Waals surface area (Å²) in [5.41, 5.74) is 11.1. The summed E-state index contributed by atoms with van der Waals surface area (Å²) in [7, 11) is 0. The van der Waals surface area contributed by atoms with E-state index in [1.165, 1.54) is 20.2 Å². The van der Waals surface area contributed by atoms with Crippen LogP contribution in [-0.4, -0.2) is 0 Å². The molecule has 8 aromatic carbocycles. The van der Waals surface area contributed by atoms with E-state index < -0.39 is 0 Å². The minimum absolute atomic E-state index is 0.857. The van der Waals surface area contributed by atoms with Crippen LogP contribution in [0.15, 0.2) is 185 Å². The molecule has 0 bridgehead atoms. The molecule has 0 unspecified atom stereocenters. The zero-order valence-corrected chi connectivity index (χ0v) is 28.7. The Morgan fingerprint density at radius 2 is 1.04 bits per heavy atom. The minimum Gasteiger partial charge on any atom is -0.456 e. The fourth-order valence-corrected chi connectivity index (χ4v) is 8.90. The Labute approximate surface area is 303 Å². The first-order chi connectivity index (χ1) is 25.8. The summed E-state index contributed by atoms with van der Waals surface area (Å²) in [6.07, 6.45) is 0. The van der Waals surface area contributed by atoms with Gasteiger partial charge in [0.2, 0.25) is 0 Å². The molecule has 11 rings (SSSR count). The van der Waals surface area contributed by atoms with Crippen LogP contribution in [0.3, 0.4) is 0 Å². The predicted octanol–water partition coefficient (Wildman–Crippen LogP) is 14.7. The largest absolute Gasteiger partial charge is 0.456 e. The van der Waals surface area contributed by atoms with Crippen LogP contribution in [0.2, 0.25) is 0 Å². The molecule has 0 aliphatic rings. The van der Waals surface area contributed by atoms with Crippen LogP contribution in [0.5, 0.6) is 0 Å². The molecular formula is C48H29NO2S. The van der Waals surface area contributed by atoms with Gasteiger partial charge in [0, 0.05) is 58.7 Å². The van der Waals surface area contributed by atoms with Crippen molar-refractivity contribution in [1.82, 2.24) is 0 Å². The number of benzene rings is 8. The molecule has 244 valence electrons. The van der Waals surface area contributed by atoms with Crippen LogP contribution in [0.1, 0.15) is 0 Å². The number of fused-ring (bicyclic) bond motifs is 9. The van der Waals surface area contributed by atoms with E-state index >= 15 is 0 Å². The summed E-state index contributed by atoms with van der Waals surface area (Å²) in [5, 5.41) is 6.99. The standard InChI is InChI=1S/C48H29NO2S/c1-2-10-31(11-3-1)35-14-8-15-39-40-16-9-17-42(48(40)51-47(35)39)49(34-25-27-46-41(29-34)38-13-5-7-19-45(38)52-46)33-23-20-30(21-24-33)32-22-26-37-36-12-4-6-18-43(36)50-44(37)28-32/h1-29H. The van der Waals surface area contributed by atoms with Crippen LogP contribution in [0, 0.1) is 0 Å². The monoisotopic (exact) mass is 683 g/mol. The smallest absolute Gasteiger partial charge is 0.159 e. The van der Waals surface area contributed by atoms with Crippen molar-refractivity contribution in [2.75, 3.05) is 4.90 Å². The Kier molecular flexibility index (Phi) is 6.42. The van der Waals surface area contributed by atoms with Crippen LogP contribution < -0.4 is 4.90 Å². The molecule has 0 atom stereocenters. The van der Waals surface area contributed by atoms with Gasteiger partial charge in [0.1, 0.15) is 16.7 Å². The number of para-hydroxylation sites is 3. The lowest BCUT2D eigenvalue weighted by Gasteiger charge is -2.26. The quantitative estimate of drug-likeness (QED) is 0.181. The first-order valence-electron chi connectivity index (χ1n) is 17.5. The molecule has 52 heavy (non-hydrogen) atoms. The fourth-order valence-electron chi connectivity index (χ4n) is 7.82. The molecule has 0 saturated carbocycles. The maximum absolute atomic E-state index is 6.94. The van der Waals surface area contributed by atoms with Gasteiger partial charge in [-0.05, 0) is 77.4 Å². The molecule has 0 amide bonds. The second-order valence-electron chi connectivity index (χ2n) is 13.3. The number of thiophene rings is 1. The van der Waals surface area contributed by atoms with Gasteiger partial charge < -0.3 is 13.7 Å². The van der Waals surface area contributed by atoms with E-state index in [0.29, 0.717) is 0 Å². The summed E-state index contributed by atoms with van der Waals surface area (Å²) >= 11 is 1.84. The topological polar surface area (TPSA) is 29.5 Å². The van der Waals surface area contributed by atoms with Crippen molar-refractivity contribution in [1.29, 1.82) is 0 Å². The third-order valence-corrected chi connectivity index (χ3v) is 11.4. The molecule has 0 saturated heterocycles. The average Bonchev–Trinajstić information content (AvgIpc) is 3.90. The molecule has 0 aliphatic carbocycles. The lowest BCUT2D eigenvalue weighted by Crippen LogP contribution is -2.10. The van der Waals surface area contributed by atoms with Crippen molar-refractivity contribution in [3.8, 4) is 22.3 Å². The van der Waals surface area contributed by atoms with E-state index in [4.69, 9.17) is 8.83 Å². The van der Waals surface area contributed by atoms with Crippen LogP contribution in [0.25, 0.3) is 86.3 Å². The number of hydrogen-bond donors (Lipinski definition) is 0. The molecule has 0 aliphatic heterocycles. The summed E-state index contributed by atoms with van der Waals surface area (Å²) in [6.45, 7) is 0. The van der Waals surface area contributed by atoms with Crippen molar-refractivity contribution in [3.05, 3.63) is 176 Å². The van der Waals surface area contributed by atoms with Gasteiger partial charge in [0.05, 0.1) is 5.69 Å². The van der Waals surface area contributed by atoms with Gasteiger partial charge in [-0.15, -0.1) is 11.3 Å². The molecular weight excluding hydrogens is 655 g/mol. The summed E-state index contributed by atoms with van der Waals surface area (Å²) in [4.78, 5) is 2.34. The SMILES string of the molecule is c1ccc(-c2cccc3c2oc2c(N(c4ccc(-c5ccc6c(c5)oc5ccccc56)cc4)c4ccc5sc6ccccc6c5c4)cccc23)cc1. The van der Waals surface area contributed by atoms with Gasteiger partial charge >= 0.3 is 0 Å². The number of anilines is 3. The first kappa shape index (κ1) is 29.1. The van der Waals surface area contributed by atoms with Crippen molar-refractivity contribution in [3.63, 3.8) is 0 Å². The zero-order chi connectivity index (χ0) is 34.2. The molecule has 3 aromatic heterocycles. The number of hydrogen-bond acceptors (Lipinski definition) is 4. The van der Waals surface area contributed by atoms with Gasteiger partial charge in [0.15, 0.2) is 5.58 Å². The lowest BCUT2D eigenvalue weighted by molar-refractivity contribution is 0.669. The molecule has 11 aromatic rings. The Balaban J connectivity index is 1.10. The Morgan fingerprint density at radius 3 is 1.92 bits per heavy atom. The lowest BCUT2D eigenvalue weighted by atomic mass is 10.0. The van der Waals surface area contributed by atoms with E-state index in [9.17, 15) is 0 Å². The van der Waals surface area contributed by atoms with Gasteiger partial charge in [-0.2, -0.15) is 0 Å². The van der Waals surface area contributed by atoms with Crippen molar-refractivity contribution in [2.24, 2.45) is 0 Å². The molecule has 0 spiro atoms. The Bertz CT molecular complexity index is 3130. The average molecular weight is 684 g/mol. The zero-order valence-electron chi connectivity index (χ0n) is 27.9. The van der Waals surface area contributed by atoms with E-state index in [0.717, 1.165) is 83.2 Å². The van der Waals surface area contributed by atoms with Gasteiger partial charge in [-0.25, -0.2) is 0 Å². The maximum Gasteiger partial charge on any atom is 0.159 e. The second kappa shape index (κ2) is 11.5. The summed E-state index contributed by atoms with van der Waals surface area (Å²) in [5.74, 6) is 0. The van der Waals surface area contributed by atoms with Gasteiger partial charge in [-0.3, -0.25) is 0 Å². The molecule has 4 heteroatoms. The third kappa shape index (κ3) is 4.51. The Morgan fingerprint density at radius 1 is 0.365 bits per heavy atom. The van der Waals surface area contributed by atoms with Crippen molar-refractivity contribution >= 4 is 92.4 Å². The number of nitrogens with zero attached hydrogens (tertiary/aromatic N) is 1. The molecule has 3 nitrogen and oxygen atoms in total. The fraction of sp³-hybridized carbons (Fsp3) is 0. The van der Waals surface area contributed by atoms with Crippen molar-refractivity contribution in [2.45, 2.75) is 0 Å². The normalized spacial score (nSPS) is 11.8. The highest BCUT2D eigenvalue weighted by atomic mass is 32.1. The minimum atomic E-state index is 0.857. The second-order valence-corrected chi connectivity index (χ2v) is 14.4. The summed E-state index contributed by atoms with van der Waals surface area (Å²) in [6, 6.07) is 62.5. The predicted molar refractivity (Wildman–Crippen MR) is 219 cm³/mol. The van der Waals surface area contributed by atoms with Crippen LogP contribution in [-0.2, 0) is 0 Å². The molecule has 0 N–H and O–H groups in total. The highest BCUT2D eigenvalue weighted by molar-refractivity contribution is 7.25. The Hall–Kier alpha value is -6.62. The maximum atomic E-state index is 6.94. The molecule has 0 fully saturated rings. The highest BCUT2D eigenvalue weighted by Crippen LogP contribution is 2.46. The third-order valence-electron chi connectivity index (χ3n) is 10.3. The molecule has 0 radical (unpaired) electrons. The van der Waals surface area contributed by atoms with E-state index in [1.54, 1.807) is 0 Å². The summed E-state index contributed by atoms with van der Waals surface area (Å²) < 4.78 is 15.7. The molecule has 3 heterocycles. The van der Waals surface area contributed by atoms with E-state index in [-0.39, 0.29) is 0 Å².